The highest BCUT2D eigenvalue weighted by molar-refractivity contribution is 7.91. The van der Waals surface area contributed by atoms with Crippen molar-refractivity contribution in [1.29, 1.82) is 0 Å². The molecule has 19 heavy (non-hydrogen) atoms. The van der Waals surface area contributed by atoms with E-state index in [2.05, 4.69) is 15.0 Å². The quantitative estimate of drug-likeness (QED) is 0.755. The lowest BCUT2D eigenvalue weighted by molar-refractivity contribution is 0.0601. The van der Waals surface area contributed by atoms with Crippen molar-refractivity contribution in [3.8, 4) is 0 Å². The normalized spacial score (nSPS) is 21.0. The second-order valence-electron chi connectivity index (χ2n) is 4.40. The number of aromatic nitrogens is 1. The van der Waals surface area contributed by atoms with Gasteiger partial charge in [0.1, 0.15) is 11.4 Å². The van der Waals surface area contributed by atoms with E-state index < -0.39 is 15.8 Å². The molecule has 0 aliphatic carbocycles. The van der Waals surface area contributed by atoms with E-state index in [-0.39, 0.29) is 23.1 Å². The molecule has 0 spiro atoms. The minimum absolute atomic E-state index is 0.0413. The Hall–Kier alpha value is -1.83. The number of nitrogens with two attached hydrogens (primary N) is 1. The number of nitrogens with zero attached hydrogens (tertiary/aromatic N) is 1. The van der Waals surface area contributed by atoms with Gasteiger partial charge in [0.2, 0.25) is 0 Å². The Morgan fingerprint density at radius 1 is 1.58 bits per heavy atom. The summed E-state index contributed by atoms with van der Waals surface area (Å²) in [4.78, 5) is 15.6. The Balaban J connectivity index is 2.23. The third-order valence-corrected chi connectivity index (χ3v) is 4.66. The summed E-state index contributed by atoms with van der Waals surface area (Å²) in [5.74, 6) is -0.0846. The summed E-state index contributed by atoms with van der Waals surface area (Å²) in [6.45, 7) is 0. The van der Waals surface area contributed by atoms with Crippen LogP contribution in [0.2, 0.25) is 0 Å². The number of esters is 1. The number of pyridine rings is 1. The van der Waals surface area contributed by atoms with Crippen molar-refractivity contribution in [3.63, 3.8) is 0 Å². The topological polar surface area (TPSA) is 111 Å². The number of nitrogen functional groups attached to an aromatic ring is 1. The van der Waals surface area contributed by atoms with Gasteiger partial charge in [0, 0.05) is 6.04 Å². The molecule has 0 bridgehead atoms. The van der Waals surface area contributed by atoms with Crippen LogP contribution in [0.3, 0.4) is 0 Å². The number of anilines is 2. The van der Waals surface area contributed by atoms with Crippen LogP contribution >= 0.6 is 0 Å². The van der Waals surface area contributed by atoms with Gasteiger partial charge in [0.05, 0.1) is 30.5 Å². The highest BCUT2D eigenvalue weighted by atomic mass is 32.2. The first-order chi connectivity index (χ1) is 8.91. The smallest absolute Gasteiger partial charge is 0.341 e. The molecule has 3 N–H and O–H groups in total. The molecule has 0 aromatic carbocycles. The highest BCUT2D eigenvalue weighted by Crippen LogP contribution is 2.21. The van der Waals surface area contributed by atoms with Gasteiger partial charge in [0.25, 0.3) is 0 Å². The Kier molecular flexibility index (Phi) is 3.61. The first kappa shape index (κ1) is 13.6. The second-order valence-corrected chi connectivity index (χ2v) is 6.63. The van der Waals surface area contributed by atoms with Crippen molar-refractivity contribution in [2.24, 2.45) is 0 Å². The molecular formula is C11H15N3O4S. The van der Waals surface area contributed by atoms with Crippen LogP contribution in [-0.4, -0.2) is 44.0 Å². The maximum atomic E-state index is 11.6. The molecule has 0 saturated carbocycles. The minimum Gasteiger partial charge on any atom is -0.465 e. The third-order valence-electron chi connectivity index (χ3n) is 2.89. The molecular weight excluding hydrogens is 270 g/mol. The molecule has 0 amide bonds. The molecule has 0 radical (unpaired) electrons. The number of methoxy groups -OCH3 is 1. The minimum atomic E-state index is -2.99. The average molecular weight is 285 g/mol. The molecule has 1 saturated heterocycles. The zero-order valence-electron chi connectivity index (χ0n) is 10.4. The van der Waals surface area contributed by atoms with Crippen LogP contribution in [0.4, 0.5) is 11.5 Å². The van der Waals surface area contributed by atoms with Gasteiger partial charge in [-0.15, -0.1) is 0 Å². The van der Waals surface area contributed by atoms with E-state index in [0.29, 0.717) is 17.9 Å². The number of hydrogen-bond donors (Lipinski definition) is 2. The van der Waals surface area contributed by atoms with Crippen molar-refractivity contribution in [2.75, 3.05) is 29.7 Å². The second kappa shape index (κ2) is 5.04. The lowest BCUT2D eigenvalue weighted by Crippen LogP contribution is -2.23. The van der Waals surface area contributed by atoms with Crippen LogP contribution in [0, 0.1) is 0 Å². The van der Waals surface area contributed by atoms with E-state index in [4.69, 9.17) is 5.73 Å². The van der Waals surface area contributed by atoms with E-state index in [1.165, 1.54) is 19.4 Å². The molecule has 2 rings (SSSR count). The average Bonchev–Trinajstić information content (AvgIpc) is 2.70. The molecule has 1 aromatic rings. The number of carbonyl (C=O) groups excluding carboxylic acids is 1. The first-order valence-electron chi connectivity index (χ1n) is 5.72. The summed E-state index contributed by atoms with van der Waals surface area (Å²) in [6.07, 6.45) is 1.90. The standard InChI is InChI=1S/C11H15N3O4S/c1-18-11(15)9-4-7(12)5-13-10(9)14-8-2-3-19(16,17)6-8/h4-5,8H,2-3,6,12H2,1H3,(H,13,14). The molecule has 104 valence electrons. The summed E-state index contributed by atoms with van der Waals surface area (Å²) in [7, 11) is -1.73. The lowest BCUT2D eigenvalue weighted by Gasteiger charge is -2.14. The summed E-state index contributed by atoms with van der Waals surface area (Å²) < 4.78 is 27.4. The Bertz CT molecular complexity index is 600. The zero-order valence-corrected chi connectivity index (χ0v) is 11.2. The number of sulfone groups is 1. The maximum Gasteiger partial charge on any atom is 0.341 e. The predicted molar refractivity (Wildman–Crippen MR) is 70.7 cm³/mol. The van der Waals surface area contributed by atoms with E-state index in [1.807, 2.05) is 0 Å². The molecule has 1 fully saturated rings. The first-order valence-corrected chi connectivity index (χ1v) is 7.54. The summed E-state index contributed by atoms with van der Waals surface area (Å²) in [6, 6.07) is 1.20. The number of rotatable bonds is 3. The van der Waals surface area contributed by atoms with Crippen LogP contribution in [-0.2, 0) is 14.6 Å². The van der Waals surface area contributed by atoms with Crippen molar-refractivity contribution in [1.82, 2.24) is 4.98 Å². The van der Waals surface area contributed by atoms with Crippen LogP contribution in [0.25, 0.3) is 0 Å². The van der Waals surface area contributed by atoms with Crippen molar-refractivity contribution in [2.45, 2.75) is 12.5 Å². The van der Waals surface area contributed by atoms with Gasteiger partial charge in [-0.2, -0.15) is 0 Å². The zero-order chi connectivity index (χ0) is 14.0. The maximum absolute atomic E-state index is 11.6. The Labute approximate surface area is 111 Å². The molecule has 1 aromatic heterocycles. The predicted octanol–water partition coefficient (Wildman–Crippen LogP) is 0.0494. The van der Waals surface area contributed by atoms with Gasteiger partial charge in [-0.25, -0.2) is 18.2 Å². The number of carbonyl (C=O) groups is 1. The van der Waals surface area contributed by atoms with Gasteiger partial charge in [-0.3, -0.25) is 0 Å². The van der Waals surface area contributed by atoms with Gasteiger partial charge >= 0.3 is 5.97 Å². The number of hydrogen-bond acceptors (Lipinski definition) is 7. The van der Waals surface area contributed by atoms with Crippen molar-refractivity contribution in [3.05, 3.63) is 17.8 Å². The summed E-state index contributed by atoms with van der Waals surface area (Å²) in [5, 5.41) is 2.96. The fourth-order valence-corrected chi connectivity index (χ4v) is 3.64. The number of ether oxygens (including phenoxy) is 1. The molecule has 8 heteroatoms. The van der Waals surface area contributed by atoms with E-state index >= 15 is 0 Å². The Morgan fingerprint density at radius 3 is 2.89 bits per heavy atom. The molecule has 1 aliphatic rings. The summed E-state index contributed by atoms with van der Waals surface area (Å²) in [5.41, 5.74) is 6.12. The monoisotopic (exact) mass is 285 g/mol. The van der Waals surface area contributed by atoms with Crippen molar-refractivity contribution < 1.29 is 17.9 Å². The van der Waals surface area contributed by atoms with Gasteiger partial charge < -0.3 is 15.8 Å². The molecule has 1 unspecified atom stereocenters. The van der Waals surface area contributed by atoms with Crippen LogP contribution in [0.1, 0.15) is 16.8 Å². The van der Waals surface area contributed by atoms with Gasteiger partial charge in [0.15, 0.2) is 9.84 Å². The molecule has 1 atom stereocenters. The fourth-order valence-electron chi connectivity index (χ4n) is 1.96. The largest absolute Gasteiger partial charge is 0.465 e. The number of nitrogens with one attached hydrogen (secondary N) is 1. The molecule has 1 aliphatic heterocycles. The Morgan fingerprint density at radius 2 is 2.32 bits per heavy atom. The van der Waals surface area contributed by atoms with Gasteiger partial charge in [-0.05, 0) is 12.5 Å². The van der Waals surface area contributed by atoms with E-state index in [0.717, 1.165) is 0 Å². The molecule has 2 heterocycles. The SMILES string of the molecule is COC(=O)c1cc(N)cnc1NC1CCS(=O)(=O)C1. The molecule has 7 nitrogen and oxygen atoms in total. The van der Waals surface area contributed by atoms with Crippen LogP contribution < -0.4 is 11.1 Å². The van der Waals surface area contributed by atoms with Crippen LogP contribution in [0.5, 0.6) is 0 Å². The summed E-state index contributed by atoms with van der Waals surface area (Å²) >= 11 is 0. The van der Waals surface area contributed by atoms with Crippen LogP contribution in [0.15, 0.2) is 12.3 Å². The lowest BCUT2D eigenvalue weighted by atomic mass is 10.2. The highest BCUT2D eigenvalue weighted by Gasteiger charge is 2.29. The third kappa shape index (κ3) is 3.14. The van der Waals surface area contributed by atoms with E-state index in [1.54, 1.807) is 0 Å². The fraction of sp³-hybridized carbons (Fsp3) is 0.455. The van der Waals surface area contributed by atoms with E-state index in [9.17, 15) is 13.2 Å². The van der Waals surface area contributed by atoms with Gasteiger partial charge in [-0.1, -0.05) is 0 Å². The van der Waals surface area contributed by atoms with Crippen molar-refractivity contribution >= 4 is 27.3 Å².